The average Bonchev–Trinajstić information content (AvgIpc) is 3.10. The van der Waals surface area contributed by atoms with Crippen LogP contribution in [0.1, 0.15) is 19.4 Å². The molecule has 0 radical (unpaired) electrons. The highest BCUT2D eigenvalue weighted by atomic mass is 32.2. The predicted molar refractivity (Wildman–Crippen MR) is 77.4 cm³/mol. The lowest BCUT2D eigenvalue weighted by atomic mass is 10.3. The van der Waals surface area contributed by atoms with Crippen molar-refractivity contribution in [1.29, 1.82) is 0 Å². The van der Waals surface area contributed by atoms with Gasteiger partial charge < -0.3 is 5.32 Å². The van der Waals surface area contributed by atoms with Crippen LogP contribution in [0.3, 0.4) is 0 Å². The van der Waals surface area contributed by atoms with Crippen LogP contribution in [0.15, 0.2) is 34.4 Å². The van der Waals surface area contributed by atoms with E-state index in [-0.39, 0.29) is 11.9 Å². The van der Waals surface area contributed by atoms with Gasteiger partial charge in [-0.25, -0.2) is 4.98 Å². The number of hydrogen-bond donors (Lipinski definition) is 1. The molecule has 7 heteroatoms. The summed E-state index contributed by atoms with van der Waals surface area (Å²) < 4.78 is 2.73. The van der Waals surface area contributed by atoms with Gasteiger partial charge in [-0.1, -0.05) is 11.8 Å². The summed E-state index contributed by atoms with van der Waals surface area (Å²) in [4.78, 5) is 16.0. The van der Waals surface area contributed by atoms with Crippen molar-refractivity contribution in [2.75, 3.05) is 12.3 Å². The van der Waals surface area contributed by atoms with E-state index in [9.17, 15) is 4.79 Å². The summed E-state index contributed by atoms with van der Waals surface area (Å²) in [7, 11) is 0. The molecular weight excluding hydrogens is 280 g/mol. The number of carbonyl (C=O) groups excluding carboxylic acids is 1. The van der Waals surface area contributed by atoms with Crippen LogP contribution >= 0.6 is 23.1 Å². The van der Waals surface area contributed by atoms with E-state index in [1.54, 1.807) is 46.4 Å². The third-order valence-corrected chi connectivity index (χ3v) is 4.61. The molecule has 102 valence electrons. The number of carbonyl (C=O) groups is 1. The van der Waals surface area contributed by atoms with E-state index < -0.39 is 0 Å². The van der Waals surface area contributed by atoms with Gasteiger partial charge in [-0.3, -0.25) is 9.48 Å². The van der Waals surface area contributed by atoms with Gasteiger partial charge in [-0.15, -0.1) is 11.3 Å². The Morgan fingerprint density at radius 1 is 1.58 bits per heavy atom. The molecule has 0 saturated heterocycles. The Labute approximate surface area is 120 Å². The Morgan fingerprint density at radius 2 is 2.47 bits per heavy atom. The van der Waals surface area contributed by atoms with Gasteiger partial charge in [0.15, 0.2) is 0 Å². The molecule has 0 aliphatic rings. The van der Waals surface area contributed by atoms with Gasteiger partial charge in [0.1, 0.15) is 10.4 Å². The standard InChI is InChI=1S/C12H16N4OS2/c1-10(16-7-2-5-15-16)11(17)13-4-3-8-18-12-14-6-9-19-12/h2,5-7,9-10H,3-4,8H2,1H3,(H,13,17)/t10-/m1/s1. The van der Waals surface area contributed by atoms with Crippen molar-refractivity contribution < 1.29 is 4.79 Å². The number of thiazole rings is 1. The molecule has 0 aliphatic heterocycles. The normalized spacial score (nSPS) is 12.3. The van der Waals surface area contributed by atoms with Crippen molar-refractivity contribution in [2.24, 2.45) is 0 Å². The van der Waals surface area contributed by atoms with Crippen molar-refractivity contribution in [3.63, 3.8) is 0 Å². The van der Waals surface area contributed by atoms with Crippen LogP contribution in [0.5, 0.6) is 0 Å². The summed E-state index contributed by atoms with van der Waals surface area (Å²) >= 11 is 3.37. The van der Waals surface area contributed by atoms with E-state index in [4.69, 9.17) is 0 Å². The summed E-state index contributed by atoms with van der Waals surface area (Å²) in [5, 5.41) is 8.95. The number of nitrogens with one attached hydrogen (secondary N) is 1. The highest BCUT2D eigenvalue weighted by Crippen LogP contribution is 2.20. The van der Waals surface area contributed by atoms with E-state index in [2.05, 4.69) is 15.4 Å². The summed E-state index contributed by atoms with van der Waals surface area (Å²) in [5.41, 5.74) is 0. The molecule has 5 nitrogen and oxygen atoms in total. The first-order chi connectivity index (χ1) is 9.27. The Kier molecular flexibility index (Phi) is 5.41. The minimum absolute atomic E-state index is 0.00273. The minimum atomic E-state index is -0.262. The Morgan fingerprint density at radius 3 is 3.16 bits per heavy atom. The Bertz CT molecular complexity index is 484. The lowest BCUT2D eigenvalue weighted by Gasteiger charge is -2.12. The van der Waals surface area contributed by atoms with Crippen molar-refractivity contribution in [3.05, 3.63) is 30.0 Å². The minimum Gasteiger partial charge on any atom is -0.354 e. The lowest BCUT2D eigenvalue weighted by Crippen LogP contribution is -2.32. The second-order valence-electron chi connectivity index (χ2n) is 3.95. The molecule has 0 spiro atoms. The van der Waals surface area contributed by atoms with E-state index in [1.165, 1.54) is 0 Å². The number of amides is 1. The molecule has 0 aromatic carbocycles. The number of thioether (sulfide) groups is 1. The zero-order valence-electron chi connectivity index (χ0n) is 10.7. The first-order valence-electron chi connectivity index (χ1n) is 6.06. The zero-order valence-corrected chi connectivity index (χ0v) is 12.3. The topological polar surface area (TPSA) is 59.8 Å². The molecule has 1 atom stereocenters. The maximum absolute atomic E-state index is 11.8. The highest BCUT2D eigenvalue weighted by molar-refractivity contribution is 8.00. The number of nitrogens with zero attached hydrogens (tertiary/aromatic N) is 3. The van der Waals surface area contributed by atoms with Crippen LogP contribution in [0.2, 0.25) is 0 Å². The van der Waals surface area contributed by atoms with Gasteiger partial charge >= 0.3 is 0 Å². The number of rotatable bonds is 7. The van der Waals surface area contributed by atoms with Crippen molar-refractivity contribution in [1.82, 2.24) is 20.1 Å². The van der Waals surface area contributed by atoms with Gasteiger partial charge in [0.05, 0.1) is 0 Å². The van der Waals surface area contributed by atoms with Crippen molar-refractivity contribution in [3.8, 4) is 0 Å². The first-order valence-corrected chi connectivity index (χ1v) is 7.93. The van der Waals surface area contributed by atoms with E-state index in [0.717, 1.165) is 16.5 Å². The van der Waals surface area contributed by atoms with Crippen LogP contribution in [-0.4, -0.2) is 33.0 Å². The molecule has 0 fully saturated rings. The maximum Gasteiger partial charge on any atom is 0.244 e. The fourth-order valence-corrected chi connectivity index (χ4v) is 3.15. The van der Waals surface area contributed by atoms with Crippen LogP contribution in [0.4, 0.5) is 0 Å². The number of hydrogen-bond acceptors (Lipinski definition) is 5. The maximum atomic E-state index is 11.8. The Hall–Kier alpha value is -1.34. The van der Waals surface area contributed by atoms with E-state index in [0.29, 0.717) is 6.54 Å². The SMILES string of the molecule is C[C@H](C(=O)NCCCSc1nccs1)n1cccn1. The largest absolute Gasteiger partial charge is 0.354 e. The molecule has 2 aromatic heterocycles. The Balaban J connectivity index is 1.61. The zero-order chi connectivity index (χ0) is 13.5. The van der Waals surface area contributed by atoms with E-state index in [1.807, 2.05) is 18.4 Å². The lowest BCUT2D eigenvalue weighted by molar-refractivity contribution is -0.124. The molecule has 0 unspecified atom stereocenters. The average molecular weight is 296 g/mol. The van der Waals surface area contributed by atoms with Gasteiger partial charge in [0.25, 0.3) is 0 Å². The molecule has 0 bridgehead atoms. The second kappa shape index (κ2) is 7.30. The molecule has 2 aromatic rings. The smallest absolute Gasteiger partial charge is 0.244 e. The molecule has 0 saturated carbocycles. The molecule has 0 aliphatic carbocycles. The van der Waals surface area contributed by atoms with Gasteiger partial charge in [-0.2, -0.15) is 5.10 Å². The van der Waals surface area contributed by atoms with Gasteiger partial charge in [0, 0.05) is 36.3 Å². The van der Waals surface area contributed by atoms with E-state index >= 15 is 0 Å². The van der Waals surface area contributed by atoms with Crippen molar-refractivity contribution in [2.45, 2.75) is 23.7 Å². The summed E-state index contributed by atoms with van der Waals surface area (Å²) in [6.45, 7) is 2.52. The molecule has 1 N–H and O–H groups in total. The molecule has 2 rings (SSSR count). The highest BCUT2D eigenvalue weighted by Gasteiger charge is 2.13. The number of aromatic nitrogens is 3. The summed E-state index contributed by atoms with van der Waals surface area (Å²) in [5.74, 6) is 0.965. The quantitative estimate of drug-likeness (QED) is 0.628. The van der Waals surface area contributed by atoms with Crippen LogP contribution < -0.4 is 5.32 Å². The monoisotopic (exact) mass is 296 g/mol. The summed E-state index contributed by atoms with van der Waals surface area (Å²) in [6.07, 6.45) is 6.21. The second-order valence-corrected chi connectivity index (χ2v) is 6.19. The van der Waals surface area contributed by atoms with Crippen LogP contribution in [0, 0.1) is 0 Å². The predicted octanol–water partition coefficient (Wildman–Crippen LogP) is 2.20. The van der Waals surface area contributed by atoms with Crippen molar-refractivity contribution >= 4 is 29.0 Å². The van der Waals surface area contributed by atoms with Crippen LogP contribution in [0.25, 0.3) is 0 Å². The van der Waals surface area contributed by atoms with Gasteiger partial charge in [0.2, 0.25) is 5.91 Å². The fourth-order valence-electron chi connectivity index (χ4n) is 1.50. The molecular formula is C12H16N4OS2. The fraction of sp³-hybridized carbons (Fsp3) is 0.417. The molecule has 1 amide bonds. The molecule has 2 heterocycles. The summed E-state index contributed by atoms with van der Waals surface area (Å²) in [6, 6.07) is 1.55. The molecule has 19 heavy (non-hydrogen) atoms. The third kappa shape index (κ3) is 4.36. The first kappa shape index (κ1) is 14.1. The van der Waals surface area contributed by atoms with Gasteiger partial charge in [-0.05, 0) is 19.4 Å². The third-order valence-electron chi connectivity index (χ3n) is 2.56. The van der Waals surface area contributed by atoms with Crippen LogP contribution in [-0.2, 0) is 4.79 Å².